The molecule has 0 unspecified atom stereocenters. The minimum absolute atomic E-state index is 0.0225. The molecule has 9 N–H and O–H groups in total. The van der Waals surface area contributed by atoms with E-state index in [9.17, 15) is 68.9 Å². The lowest BCUT2D eigenvalue weighted by atomic mass is 10.1. The highest BCUT2D eigenvalue weighted by atomic mass is 32.2. The van der Waals surface area contributed by atoms with E-state index in [2.05, 4.69) is 35.8 Å². The molecule has 0 spiro atoms. The van der Waals surface area contributed by atoms with Crippen LogP contribution in [0.2, 0.25) is 0 Å². The van der Waals surface area contributed by atoms with Gasteiger partial charge in [0.25, 0.3) is 30.4 Å². The Kier molecular flexibility index (Phi) is 10.1. The molecule has 0 aliphatic heterocycles. The van der Waals surface area contributed by atoms with Gasteiger partial charge < -0.3 is 35.8 Å². The molecule has 1 aromatic heterocycles. The van der Waals surface area contributed by atoms with Crippen LogP contribution in [0.4, 0.5) is 34.6 Å². The second kappa shape index (κ2) is 14.1. The number of nitrogens with zero attached hydrogens (tertiary/aromatic N) is 5. The molecule has 1 heterocycles. The fourth-order valence-corrected chi connectivity index (χ4v) is 6.55. The maximum absolute atomic E-state index is 12.4. The van der Waals surface area contributed by atoms with Crippen LogP contribution in [0.3, 0.4) is 0 Å². The maximum Gasteiger partial charge on any atom is 0.335 e. The fraction of sp³-hybridized carbons (Fsp3) is 0.0357. The summed E-state index contributed by atoms with van der Waals surface area (Å²) in [5.74, 6) is -5.54. The second-order valence-electron chi connectivity index (χ2n) is 10.5. The summed E-state index contributed by atoms with van der Waals surface area (Å²) in [5.41, 5.74) is -3.53. The lowest BCUT2D eigenvalue weighted by Gasteiger charge is -2.15. The van der Waals surface area contributed by atoms with Gasteiger partial charge in [-0.15, -0.1) is 5.11 Å². The van der Waals surface area contributed by atoms with Gasteiger partial charge in [0.1, 0.15) is 21.2 Å². The molecule has 0 aliphatic carbocycles. The Morgan fingerprint density at radius 3 is 1.78 bits per heavy atom. The Labute approximate surface area is 301 Å². The highest BCUT2D eigenvalue weighted by molar-refractivity contribution is 7.86. The quantitative estimate of drug-likeness (QED) is 0.0643. The zero-order valence-electron chi connectivity index (χ0n) is 26.5. The molecule has 26 heteroatoms. The van der Waals surface area contributed by atoms with E-state index in [1.807, 2.05) is 0 Å². The van der Waals surface area contributed by atoms with E-state index in [0.29, 0.717) is 18.2 Å². The first-order valence-corrected chi connectivity index (χ1v) is 18.3. The minimum atomic E-state index is -5.35. The maximum atomic E-state index is 12.4. The average Bonchev–Trinajstić information content (AvgIpc) is 3.05. The second-order valence-corrected chi connectivity index (χ2v) is 14.7. The number of methoxy groups -OCH3 is 1. The van der Waals surface area contributed by atoms with Crippen molar-refractivity contribution < 1.29 is 73.7 Å². The van der Waals surface area contributed by atoms with Crippen molar-refractivity contribution in [3.05, 3.63) is 65.7 Å². The molecule has 0 aliphatic rings. The van der Waals surface area contributed by atoms with Crippen molar-refractivity contribution >= 4 is 87.7 Å². The van der Waals surface area contributed by atoms with Crippen LogP contribution in [-0.4, -0.2) is 93.3 Å². The number of nitrogens with one attached hydrogen (secondary N) is 2. The van der Waals surface area contributed by atoms with Crippen LogP contribution >= 0.6 is 0 Å². The molecule has 0 radical (unpaired) electrons. The third kappa shape index (κ3) is 8.38. The molecule has 54 heavy (non-hydrogen) atoms. The molecule has 0 bridgehead atoms. The van der Waals surface area contributed by atoms with Crippen LogP contribution < -0.4 is 15.4 Å². The van der Waals surface area contributed by atoms with Gasteiger partial charge in [0.05, 0.1) is 40.2 Å². The number of hydrogen-bond acceptors (Lipinski definition) is 18. The molecule has 0 fully saturated rings. The number of aromatic carboxylic acids is 2. The predicted molar refractivity (Wildman–Crippen MR) is 181 cm³/mol. The smallest absolute Gasteiger partial charge is 0.335 e. The van der Waals surface area contributed by atoms with Gasteiger partial charge in [-0.25, -0.2) is 9.59 Å². The Balaban J connectivity index is 1.71. The highest BCUT2D eigenvalue weighted by Crippen LogP contribution is 2.46. The number of phenols is 1. The number of aromatic nitrogens is 3. The van der Waals surface area contributed by atoms with Crippen molar-refractivity contribution in [2.75, 3.05) is 17.7 Å². The van der Waals surface area contributed by atoms with Crippen LogP contribution in [0.1, 0.15) is 20.7 Å². The lowest BCUT2D eigenvalue weighted by Crippen LogP contribution is -2.08. The summed E-state index contributed by atoms with van der Waals surface area (Å²) < 4.78 is 108. The Hall–Kier alpha value is -6.58. The highest BCUT2D eigenvalue weighted by Gasteiger charge is 2.26. The SMILES string of the molecule is COc1ccc(Nc2nc(O)nc(Nc3cc(S(=O)(=O)O)cc4cc(S(=O)(=O)O)c(N=Nc5cc(C(=O)O)cc(C(=O)O)c5)c(O)c34)n2)c(S(=O)(=O)O)c1. The zero-order chi connectivity index (χ0) is 39.9. The van der Waals surface area contributed by atoms with Crippen LogP contribution in [0.5, 0.6) is 17.5 Å². The van der Waals surface area contributed by atoms with Crippen molar-refractivity contribution in [1.29, 1.82) is 0 Å². The molecular weight excluding hydrogens is 787 g/mol. The topological polar surface area (TPSA) is 375 Å². The van der Waals surface area contributed by atoms with E-state index in [-0.39, 0.29) is 11.4 Å². The van der Waals surface area contributed by atoms with Gasteiger partial charge in [-0.1, -0.05) is 0 Å². The number of rotatable bonds is 12. The minimum Gasteiger partial charge on any atom is -0.505 e. The summed E-state index contributed by atoms with van der Waals surface area (Å²) in [6.45, 7) is 0. The Morgan fingerprint density at radius 1 is 0.685 bits per heavy atom. The Bertz CT molecular complexity index is 2750. The van der Waals surface area contributed by atoms with Crippen LogP contribution in [0, 0.1) is 0 Å². The molecule has 23 nitrogen and oxygen atoms in total. The monoisotopic (exact) mass is 807 g/mol. The molecule has 5 aromatic rings. The summed E-state index contributed by atoms with van der Waals surface area (Å²) in [5, 5.41) is 51.4. The summed E-state index contributed by atoms with van der Waals surface area (Å²) in [7, 11) is -14.1. The van der Waals surface area contributed by atoms with Crippen molar-refractivity contribution in [3.8, 4) is 17.5 Å². The average molecular weight is 808 g/mol. The Morgan fingerprint density at radius 2 is 1.26 bits per heavy atom. The lowest BCUT2D eigenvalue weighted by molar-refractivity contribution is 0.0696. The molecule has 0 atom stereocenters. The number of anilines is 4. The number of carboxylic acid groups (broad SMARTS) is 2. The van der Waals surface area contributed by atoms with E-state index in [0.717, 1.165) is 30.3 Å². The van der Waals surface area contributed by atoms with E-state index < -0.39 is 120 Å². The first-order chi connectivity index (χ1) is 25.0. The van der Waals surface area contributed by atoms with Crippen molar-refractivity contribution in [2.24, 2.45) is 10.2 Å². The van der Waals surface area contributed by atoms with Crippen LogP contribution in [0.15, 0.2) is 79.5 Å². The van der Waals surface area contributed by atoms with Gasteiger partial charge in [-0.05, 0) is 53.9 Å². The summed E-state index contributed by atoms with van der Waals surface area (Å²) in [6, 6.07) is 6.78. The molecule has 0 amide bonds. The summed E-state index contributed by atoms with van der Waals surface area (Å²) in [4.78, 5) is 31.4. The van der Waals surface area contributed by atoms with Gasteiger partial charge in [-0.3, -0.25) is 13.7 Å². The number of hydrogen-bond donors (Lipinski definition) is 9. The number of aromatic hydroxyl groups is 2. The van der Waals surface area contributed by atoms with E-state index in [1.54, 1.807) is 0 Å². The van der Waals surface area contributed by atoms with Gasteiger partial charge in [0, 0.05) is 11.5 Å². The number of carbonyl (C=O) groups is 2. The normalized spacial score (nSPS) is 12.1. The third-order valence-corrected chi connectivity index (χ3v) is 9.55. The molecule has 5 rings (SSSR count). The predicted octanol–water partition coefficient (Wildman–Crippen LogP) is 3.48. The number of benzene rings is 4. The number of carboxylic acids is 2. The number of ether oxygens (including phenoxy) is 1. The first kappa shape index (κ1) is 38.6. The number of phenolic OH excluding ortho intramolecular Hbond substituents is 1. The third-order valence-electron chi connectivity index (χ3n) is 6.96. The largest absolute Gasteiger partial charge is 0.505 e. The first-order valence-electron chi connectivity index (χ1n) is 14.0. The molecule has 4 aromatic carbocycles. The van der Waals surface area contributed by atoms with Gasteiger partial charge in [-0.2, -0.15) is 45.3 Å². The number of azo groups is 1. The zero-order valence-corrected chi connectivity index (χ0v) is 28.9. The summed E-state index contributed by atoms with van der Waals surface area (Å²) in [6.07, 6.45) is 0. The number of fused-ring (bicyclic) bond motifs is 1. The van der Waals surface area contributed by atoms with E-state index in [1.165, 1.54) is 13.2 Å². The van der Waals surface area contributed by atoms with Gasteiger partial charge in [0.15, 0.2) is 5.75 Å². The van der Waals surface area contributed by atoms with E-state index >= 15 is 0 Å². The standard InChI is InChI=1S/C28H21N7O16S3/c1-51-15-2-3-17(19(9-15)53(45,46)47)29-26-31-27(33-28(41)32-26)30-18-10-16(52(42,43)44)7-11-8-20(54(48,49)50)22(23(36)21(11)18)35-34-14-5-12(24(37)38)4-13(6-14)25(39)40/h2-10,36H,1H3,(H,37,38)(H,39,40)(H,42,43,44)(H,45,46,47)(H,48,49,50)(H3,29,30,31,32,33,41). The molecule has 0 saturated heterocycles. The molecule has 282 valence electrons. The molecular formula is C28H21N7O16S3. The summed E-state index contributed by atoms with van der Waals surface area (Å²) >= 11 is 0. The van der Waals surface area contributed by atoms with Crippen molar-refractivity contribution in [2.45, 2.75) is 14.7 Å². The van der Waals surface area contributed by atoms with Crippen LogP contribution in [0.25, 0.3) is 10.8 Å². The van der Waals surface area contributed by atoms with E-state index in [4.69, 9.17) is 4.74 Å². The fourth-order valence-electron chi connectivity index (χ4n) is 4.69. The van der Waals surface area contributed by atoms with Gasteiger partial charge in [0.2, 0.25) is 11.9 Å². The van der Waals surface area contributed by atoms with Gasteiger partial charge >= 0.3 is 17.9 Å². The molecule has 0 saturated carbocycles. The van der Waals surface area contributed by atoms with Crippen molar-refractivity contribution in [3.63, 3.8) is 0 Å². The van der Waals surface area contributed by atoms with Crippen molar-refractivity contribution in [1.82, 2.24) is 15.0 Å². The van der Waals surface area contributed by atoms with Crippen LogP contribution in [-0.2, 0) is 30.4 Å².